The van der Waals surface area contributed by atoms with Gasteiger partial charge >= 0.3 is 5.69 Å². The van der Waals surface area contributed by atoms with Gasteiger partial charge in [-0.25, -0.2) is 9.36 Å². The van der Waals surface area contributed by atoms with Crippen LogP contribution in [-0.4, -0.2) is 15.5 Å². The van der Waals surface area contributed by atoms with E-state index in [4.69, 9.17) is 5.73 Å². The van der Waals surface area contributed by atoms with Crippen LogP contribution in [0.4, 0.5) is 5.69 Å². The molecule has 0 radical (unpaired) electrons. The van der Waals surface area contributed by atoms with Gasteiger partial charge in [0, 0.05) is 12.1 Å². The van der Waals surface area contributed by atoms with Gasteiger partial charge in [-0.2, -0.15) is 0 Å². The molecule has 5 nitrogen and oxygen atoms in total. The predicted molar refractivity (Wildman–Crippen MR) is 87.1 cm³/mol. The number of hydrogen-bond acceptors (Lipinski definition) is 3. The molecule has 5 heteroatoms. The lowest BCUT2D eigenvalue weighted by molar-refractivity contribution is 0.0904. The van der Waals surface area contributed by atoms with Gasteiger partial charge in [0.15, 0.2) is 0 Å². The molecule has 0 saturated heterocycles. The van der Waals surface area contributed by atoms with Crippen LogP contribution in [0.5, 0.6) is 0 Å². The van der Waals surface area contributed by atoms with E-state index < -0.39 is 5.69 Å². The van der Waals surface area contributed by atoms with Gasteiger partial charge in [-0.1, -0.05) is 29.8 Å². The minimum absolute atomic E-state index is 0.234. The smallest absolute Gasteiger partial charge is 0.333 e. The van der Waals surface area contributed by atoms with Crippen LogP contribution in [0.3, 0.4) is 0 Å². The molecule has 0 aliphatic carbocycles. The Bertz CT molecular complexity index is 888. The van der Waals surface area contributed by atoms with E-state index in [1.54, 1.807) is 18.2 Å². The lowest BCUT2D eigenvalue weighted by atomic mass is 10.1. The molecule has 22 heavy (non-hydrogen) atoms. The number of anilines is 1. The first-order valence-corrected chi connectivity index (χ1v) is 7.13. The van der Waals surface area contributed by atoms with Crippen molar-refractivity contribution in [3.63, 3.8) is 0 Å². The summed E-state index contributed by atoms with van der Waals surface area (Å²) >= 11 is 0. The number of rotatable bonds is 3. The molecule has 0 saturated carbocycles. The standard InChI is InChI=1S/C17H17N3O2/c1-11-2-4-12(5-3-11)6-9-16(21)20-15-10-13(18)7-8-14(15)19-17(20)22/h2-5,7-8,10H,6,9,18H2,1H3,(H,19,22). The zero-order valence-corrected chi connectivity index (χ0v) is 12.3. The summed E-state index contributed by atoms with van der Waals surface area (Å²) < 4.78 is 1.17. The molecule has 3 aromatic rings. The average molecular weight is 295 g/mol. The highest BCUT2D eigenvalue weighted by molar-refractivity contribution is 5.91. The zero-order valence-electron chi connectivity index (χ0n) is 12.3. The molecule has 0 spiro atoms. The maximum absolute atomic E-state index is 12.4. The molecule has 2 aromatic carbocycles. The monoisotopic (exact) mass is 295 g/mol. The third kappa shape index (κ3) is 2.65. The zero-order chi connectivity index (χ0) is 15.7. The fourth-order valence-electron chi connectivity index (χ4n) is 2.49. The molecular weight excluding hydrogens is 278 g/mol. The Morgan fingerprint density at radius 3 is 2.64 bits per heavy atom. The van der Waals surface area contributed by atoms with Gasteiger partial charge in [0.25, 0.3) is 0 Å². The molecule has 0 unspecified atom stereocenters. The highest BCUT2D eigenvalue weighted by Crippen LogP contribution is 2.15. The number of aromatic nitrogens is 2. The second kappa shape index (κ2) is 5.52. The number of imidazole rings is 1. The minimum atomic E-state index is -0.422. The fraction of sp³-hybridized carbons (Fsp3) is 0.176. The molecule has 1 aromatic heterocycles. The minimum Gasteiger partial charge on any atom is -0.399 e. The molecule has 3 N–H and O–H groups in total. The Labute approximate surface area is 127 Å². The molecule has 0 bridgehead atoms. The number of nitrogens with two attached hydrogens (primary N) is 1. The van der Waals surface area contributed by atoms with Crippen LogP contribution in [0.25, 0.3) is 11.0 Å². The first-order chi connectivity index (χ1) is 10.5. The first-order valence-electron chi connectivity index (χ1n) is 7.13. The summed E-state index contributed by atoms with van der Waals surface area (Å²) in [5.74, 6) is -0.234. The third-order valence-corrected chi connectivity index (χ3v) is 3.70. The van der Waals surface area contributed by atoms with Crippen LogP contribution < -0.4 is 11.4 Å². The molecule has 0 aliphatic heterocycles. The van der Waals surface area contributed by atoms with Crippen LogP contribution in [0.2, 0.25) is 0 Å². The van der Waals surface area contributed by atoms with E-state index in [0.717, 1.165) is 5.56 Å². The summed E-state index contributed by atoms with van der Waals surface area (Å²) in [4.78, 5) is 27.1. The molecule has 0 aliphatic rings. The van der Waals surface area contributed by atoms with E-state index in [2.05, 4.69) is 4.98 Å². The summed E-state index contributed by atoms with van der Waals surface area (Å²) in [6.07, 6.45) is 0.866. The second-order valence-electron chi connectivity index (χ2n) is 5.42. The van der Waals surface area contributed by atoms with Gasteiger partial charge in [0.2, 0.25) is 5.91 Å². The summed E-state index contributed by atoms with van der Waals surface area (Å²) in [5, 5.41) is 0. The number of nitrogens with one attached hydrogen (secondary N) is 1. The number of H-pyrrole nitrogens is 1. The Hall–Kier alpha value is -2.82. The average Bonchev–Trinajstić information content (AvgIpc) is 2.81. The van der Waals surface area contributed by atoms with Gasteiger partial charge in [0.05, 0.1) is 11.0 Å². The van der Waals surface area contributed by atoms with Gasteiger partial charge in [-0.15, -0.1) is 0 Å². The van der Waals surface area contributed by atoms with Crippen LogP contribution in [-0.2, 0) is 6.42 Å². The van der Waals surface area contributed by atoms with Gasteiger partial charge in [-0.05, 0) is 37.1 Å². The van der Waals surface area contributed by atoms with Crippen molar-refractivity contribution in [2.24, 2.45) is 0 Å². The number of fused-ring (bicyclic) bond motifs is 1. The lowest BCUT2D eigenvalue weighted by Crippen LogP contribution is -2.24. The van der Waals surface area contributed by atoms with Crippen LogP contribution >= 0.6 is 0 Å². The van der Waals surface area contributed by atoms with E-state index in [1.165, 1.54) is 10.1 Å². The third-order valence-electron chi connectivity index (χ3n) is 3.70. The normalized spacial score (nSPS) is 11.0. The molecule has 1 heterocycles. The molecule has 3 rings (SSSR count). The Morgan fingerprint density at radius 1 is 1.18 bits per heavy atom. The summed E-state index contributed by atoms with van der Waals surface area (Å²) in [6, 6.07) is 13.1. The number of aryl methyl sites for hydroxylation is 2. The second-order valence-corrected chi connectivity index (χ2v) is 5.42. The van der Waals surface area contributed by atoms with E-state index in [9.17, 15) is 9.59 Å². The van der Waals surface area contributed by atoms with Crippen molar-refractivity contribution >= 4 is 22.6 Å². The molecule has 0 amide bonds. The first kappa shape index (κ1) is 14.1. The maximum atomic E-state index is 12.4. The molecule has 0 fully saturated rings. The van der Waals surface area contributed by atoms with Crippen molar-refractivity contribution in [2.45, 2.75) is 19.8 Å². The van der Waals surface area contributed by atoms with Crippen molar-refractivity contribution in [3.05, 3.63) is 64.1 Å². The summed E-state index contributed by atoms with van der Waals surface area (Å²) in [7, 11) is 0. The topological polar surface area (TPSA) is 80.9 Å². The number of benzene rings is 2. The van der Waals surface area contributed by atoms with Gasteiger partial charge in [-0.3, -0.25) is 4.79 Å². The lowest BCUT2D eigenvalue weighted by Gasteiger charge is -2.04. The quantitative estimate of drug-likeness (QED) is 0.728. The van der Waals surface area contributed by atoms with Crippen LogP contribution in [0.15, 0.2) is 47.3 Å². The van der Waals surface area contributed by atoms with Gasteiger partial charge in [0.1, 0.15) is 0 Å². The number of nitrogens with zero attached hydrogens (tertiary/aromatic N) is 1. The highest BCUT2D eigenvalue weighted by atomic mass is 16.2. The molecule has 112 valence electrons. The number of aromatic amines is 1. The van der Waals surface area contributed by atoms with Crippen molar-refractivity contribution < 1.29 is 4.79 Å². The van der Waals surface area contributed by atoms with Crippen LogP contribution in [0, 0.1) is 6.92 Å². The van der Waals surface area contributed by atoms with Gasteiger partial charge < -0.3 is 10.7 Å². The van der Waals surface area contributed by atoms with E-state index in [1.807, 2.05) is 31.2 Å². The van der Waals surface area contributed by atoms with E-state index >= 15 is 0 Å². The van der Waals surface area contributed by atoms with E-state index in [0.29, 0.717) is 23.1 Å². The van der Waals surface area contributed by atoms with E-state index in [-0.39, 0.29) is 12.3 Å². The Balaban J connectivity index is 1.86. The van der Waals surface area contributed by atoms with Crippen LogP contribution in [0.1, 0.15) is 22.3 Å². The number of hydrogen-bond donors (Lipinski definition) is 2. The SMILES string of the molecule is Cc1ccc(CCC(=O)n2c(=O)[nH]c3ccc(N)cc32)cc1. The fourth-order valence-corrected chi connectivity index (χ4v) is 2.49. The Morgan fingerprint density at radius 2 is 1.91 bits per heavy atom. The molecule has 0 atom stereocenters. The summed E-state index contributed by atoms with van der Waals surface area (Å²) in [6.45, 7) is 2.02. The van der Waals surface area contributed by atoms with Crippen molar-refractivity contribution in [2.75, 3.05) is 5.73 Å². The highest BCUT2D eigenvalue weighted by Gasteiger charge is 2.14. The number of carbonyl (C=O) groups excluding carboxylic acids is 1. The Kier molecular flexibility index (Phi) is 3.55. The van der Waals surface area contributed by atoms with Crippen molar-refractivity contribution in [1.82, 2.24) is 9.55 Å². The van der Waals surface area contributed by atoms with Crippen molar-refractivity contribution in [3.8, 4) is 0 Å². The maximum Gasteiger partial charge on any atom is 0.333 e. The molecular formula is C17H17N3O2. The predicted octanol–water partition coefficient (Wildman–Crippen LogP) is 2.49. The van der Waals surface area contributed by atoms with Crippen molar-refractivity contribution in [1.29, 1.82) is 0 Å². The number of nitrogen functional groups attached to an aromatic ring is 1. The summed E-state index contributed by atoms with van der Waals surface area (Å²) in [5.41, 5.74) is 9.23. The largest absolute Gasteiger partial charge is 0.399 e. The number of carbonyl (C=O) groups is 1.